The van der Waals surface area contributed by atoms with Gasteiger partial charge in [0.05, 0.1) is 17.2 Å². The molecule has 0 amide bonds. The molecular weight excluding hydrogens is 192 g/mol. The molecule has 0 fully saturated rings. The third-order valence-electron chi connectivity index (χ3n) is 2.00. The predicted molar refractivity (Wildman–Crippen MR) is 57.2 cm³/mol. The molecule has 0 saturated heterocycles. The molecule has 0 aliphatic rings. The van der Waals surface area contributed by atoms with Gasteiger partial charge < -0.3 is 9.72 Å². The van der Waals surface area contributed by atoms with Crippen LogP contribution < -0.4 is 4.74 Å². The highest BCUT2D eigenvalue weighted by Gasteiger charge is 2.07. The number of H-pyrrole nitrogens is 1. The van der Waals surface area contributed by atoms with Crippen molar-refractivity contribution in [1.82, 2.24) is 9.97 Å². The monoisotopic (exact) mass is 204 g/mol. The van der Waals surface area contributed by atoms with Gasteiger partial charge >= 0.3 is 0 Å². The second-order valence-electron chi connectivity index (χ2n) is 3.58. The van der Waals surface area contributed by atoms with Crippen molar-refractivity contribution in [2.45, 2.75) is 20.0 Å². The van der Waals surface area contributed by atoms with Gasteiger partial charge in [0.1, 0.15) is 11.4 Å². The molecule has 4 nitrogen and oxygen atoms in total. The van der Waals surface area contributed by atoms with E-state index in [1.54, 1.807) is 18.3 Å². The van der Waals surface area contributed by atoms with Crippen molar-refractivity contribution in [3.63, 3.8) is 0 Å². The van der Waals surface area contributed by atoms with Crippen LogP contribution >= 0.6 is 0 Å². The summed E-state index contributed by atoms with van der Waals surface area (Å²) in [6, 6.07) is 3.54. The molecule has 2 heterocycles. The Morgan fingerprint density at radius 2 is 2.33 bits per heavy atom. The maximum atomic E-state index is 10.6. The molecule has 15 heavy (non-hydrogen) atoms. The van der Waals surface area contributed by atoms with Gasteiger partial charge in [-0.1, -0.05) is 0 Å². The number of carbonyl (C=O) groups is 1. The summed E-state index contributed by atoms with van der Waals surface area (Å²) in [4.78, 5) is 17.6. The minimum absolute atomic E-state index is 0.102. The fraction of sp³-hybridized carbons (Fsp3) is 0.273. The third kappa shape index (κ3) is 1.83. The fourth-order valence-corrected chi connectivity index (χ4v) is 1.44. The summed E-state index contributed by atoms with van der Waals surface area (Å²) >= 11 is 0. The lowest BCUT2D eigenvalue weighted by molar-refractivity contribution is 0.112. The molecule has 4 heteroatoms. The van der Waals surface area contributed by atoms with Crippen LogP contribution in [0.4, 0.5) is 0 Å². The molecule has 78 valence electrons. The van der Waals surface area contributed by atoms with Crippen LogP contribution in [0.5, 0.6) is 5.75 Å². The molecule has 2 aromatic rings. The molecule has 1 N–H and O–H groups in total. The largest absolute Gasteiger partial charge is 0.490 e. The number of hydrogen-bond donors (Lipinski definition) is 1. The average Bonchev–Trinajstić information content (AvgIpc) is 2.61. The highest BCUT2D eigenvalue weighted by molar-refractivity contribution is 5.89. The second-order valence-corrected chi connectivity index (χ2v) is 3.58. The minimum atomic E-state index is 0.102. The predicted octanol–water partition coefficient (Wildman–Crippen LogP) is 2.16. The van der Waals surface area contributed by atoms with Crippen LogP contribution in [0.25, 0.3) is 11.0 Å². The smallest absolute Gasteiger partial charge is 0.166 e. The quantitative estimate of drug-likeness (QED) is 0.779. The zero-order valence-electron chi connectivity index (χ0n) is 8.65. The maximum absolute atomic E-state index is 10.6. The molecule has 0 saturated carbocycles. The average molecular weight is 204 g/mol. The van der Waals surface area contributed by atoms with Gasteiger partial charge in [-0.05, 0) is 26.0 Å². The van der Waals surface area contributed by atoms with E-state index < -0.39 is 0 Å². The Kier molecular flexibility index (Phi) is 2.41. The van der Waals surface area contributed by atoms with Gasteiger partial charge in [0, 0.05) is 6.20 Å². The number of hydrogen-bond acceptors (Lipinski definition) is 3. The second kappa shape index (κ2) is 3.73. The van der Waals surface area contributed by atoms with Gasteiger partial charge in [0.2, 0.25) is 0 Å². The number of aromatic nitrogens is 2. The van der Waals surface area contributed by atoms with E-state index in [-0.39, 0.29) is 6.10 Å². The summed E-state index contributed by atoms with van der Waals surface area (Å²) in [7, 11) is 0. The molecule has 0 aliphatic carbocycles. The first-order valence-electron chi connectivity index (χ1n) is 4.80. The van der Waals surface area contributed by atoms with Crippen molar-refractivity contribution in [2.75, 3.05) is 0 Å². The molecule has 0 aromatic carbocycles. The first-order valence-corrected chi connectivity index (χ1v) is 4.80. The molecule has 0 atom stereocenters. The van der Waals surface area contributed by atoms with Crippen LogP contribution in [0, 0.1) is 0 Å². The maximum Gasteiger partial charge on any atom is 0.166 e. The molecule has 2 rings (SSSR count). The SMILES string of the molecule is CC(C)Oc1ccnc2[nH]c(C=O)cc12. The van der Waals surface area contributed by atoms with Gasteiger partial charge in [0.25, 0.3) is 0 Å². The molecule has 0 aliphatic heterocycles. The van der Waals surface area contributed by atoms with Crippen molar-refractivity contribution < 1.29 is 9.53 Å². The normalized spacial score (nSPS) is 10.9. The summed E-state index contributed by atoms with van der Waals surface area (Å²) in [5.41, 5.74) is 1.19. The number of carbonyl (C=O) groups excluding carboxylic acids is 1. The number of ether oxygens (including phenoxy) is 1. The third-order valence-corrected chi connectivity index (χ3v) is 2.00. The standard InChI is InChI=1S/C11H12N2O2/c1-7(2)15-10-3-4-12-11-9(10)5-8(6-14)13-11/h3-7H,1-2H3,(H,12,13). The van der Waals surface area contributed by atoms with E-state index in [0.29, 0.717) is 11.3 Å². The molecule has 0 spiro atoms. The Bertz CT molecular complexity index is 488. The van der Waals surface area contributed by atoms with Crippen LogP contribution in [0.2, 0.25) is 0 Å². The van der Waals surface area contributed by atoms with Crippen molar-refractivity contribution in [3.05, 3.63) is 24.0 Å². The van der Waals surface area contributed by atoms with Crippen LogP contribution in [0.3, 0.4) is 0 Å². The van der Waals surface area contributed by atoms with Crippen LogP contribution in [-0.2, 0) is 0 Å². The Morgan fingerprint density at radius 3 is 3.00 bits per heavy atom. The van der Waals surface area contributed by atoms with Gasteiger partial charge in [-0.3, -0.25) is 4.79 Å². The lowest BCUT2D eigenvalue weighted by Crippen LogP contribution is -2.05. The number of rotatable bonds is 3. The Balaban J connectivity index is 2.54. The number of fused-ring (bicyclic) bond motifs is 1. The molecule has 0 unspecified atom stereocenters. The first-order chi connectivity index (χ1) is 7.20. The highest BCUT2D eigenvalue weighted by atomic mass is 16.5. The van der Waals surface area contributed by atoms with E-state index in [1.165, 1.54) is 0 Å². The van der Waals surface area contributed by atoms with E-state index >= 15 is 0 Å². The zero-order valence-corrected chi connectivity index (χ0v) is 8.65. The van der Waals surface area contributed by atoms with Gasteiger partial charge in [-0.25, -0.2) is 4.98 Å². The number of nitrogens with zero attached hydrogens (tertiary/aromatic N) is 1. The van der Waals surface area contributed by atoms with E-state index in [2.05, 4.69) is 9.97 Å². The number of aromatic amines is 1. The van der Waals surface area contributed by atoms with Crippen molar-refractivity contribution in [3.8, 4) is 5.75 Å². The summed E-state index contributed by atoms with van der Waals surface area (Å²) in [6.07, 6.45) is 2.52. The van der Waals surface area contributed by atoms with Gasteiger partial charge in [0.15, 0.2) is 6.29 Å². The summed E-state index contributed by atoms with van der Waals surface area (Å²) < 4.78 is 5.61. The number of aldehydes is 1. The Hall–Kier alpha value is -1.84. The van der Waals surface area contributed by atoms with Crippen LogP contribution in [0.15, 0.2) is 18.3 Å². The Labute approximate surface area is 87.3 Å². The Morgan fingerprint density at radius 1 is 1.53 bits per heavy atom. The number of pyridine rings is 1. The summed E-state index contributed by atoms with van der Waals surface area (Å²) in [6.45, 7) is 3.92. The minimum Gasteiger partial charge on any atom is -0.490 e. The summed E-state index contributed by atoms with van der Waals surface area (Å²) in [5.74, 6) is 0.749. The van der Waals surface area contributed by atoms with Crippen molar-refractivity contribution >= 4 is 17.3 Å². The highest BCUT2D eigenvalue weighted by Crippen LogP contribution is 2.24. The van der Waals surface area contributed by atoms with E-state index in [9.17, 15) is 4.79 Å². The molecular formula is C11H12N2O2. The fourth-order valence-electron chi connectivity index (χ4n) is 1.44. The molecule has 2 aromatic heterocycles. The van der Waals surface area contributed by atoms with Gasteiger partial charge in [-0.2, -0.15) is 0 Å². The lowest BCUT2D eigenvalue weighted by Gasteiger charge is -2.09. The van der Waals surface area contributed by atoms with E-state index in [0.717, 1.165) is 17.4 Å². The topological polar surface area (TPSA) is 55.0 Å². The van der Waals surface area contributed by atoms with Crippen LogP contribution in [0.1, 0.15) is 24.3 Å². The molecule has 0 radical (unpaired) electrons. The van der Waals surface area contributed by atoms with Crippen molar-refractivity contribution in [1.29, 1.82) is 0 Å². The number of nitrogens with one attached hydrogen (secondary N) is 1. The van der Waals surface area contributed by atoms with Gasteiger partial charge in [-0.15, -0.1) is 0 Å². The van der Waals surface area contributed by atoms with E-state index in [4.69, 9.17) is 4.74 Å². The first kappa shape index (κ1) is 9.71. The van der Waals surface area contributed by atoms with Crippen molar-refractivity contribution in [2.24, 2.45) is 0 Å². The van der Waals surface area contributed by atoms with Crippen LogP contribution in [-0.4, -0.2) is 22.4 Å². The van der Waals surface area contributed by atoms with E-state index in [1.807, 2.05) is 13.8 Å². The zero-order chi connectivity index (χ0) is 10.8. The lowest BCUT2D eigenvalue weighted by atomic mass is 10.3. The summed E-state index contributed by atoms with van der Waals surface area (Å²) in [5, 5.41) is 0.841. The molecule has 0 bridgehead atoms.